The molecule has 128 valence electrons. The van der Waals surface area contributed by atoms with Gasteiger partial charge in [-0.2, -0.15) is 0 Å². The summed E-state index contributed by atoms with van der Waals surface area (Å²) in [6.07, 6.45) is -1.46. The summed E-state index contributed by atoms with van der Waals surface area (Å²) >= 11 is 0. The Morgan fingerprint density at radius 2 is 2.22 bits per heavy atom. The Hall–Kier alpha value is -1.52. The summed E-state index contributed by atoms with van der Waals surface area (Å²) in [5.41, 5.74) is -2.24. The number of nitrogens with zero attached hydrogens (tertiary/aromatic N) is 1. The molecule has 0 unspecified atom stereocenters. The monoisotopic (exact) mass is 328 g/mol. The molecule has 0 aliphatic carbocycles. The molecule has 0 aromatic carbocycles. The van der Waals surface area contributed by atoms with Crippen molar-refractivity contribution in [2.45, 2.75) is 43.5 Å². The molecule has 2 aliphatic rings. The van der Waals surface area contributed by atoms with Crippen molar-refractivity contribution < 1.29 is 24.4 Å². The average molecular weight is 328 g/mol. The first kappa shape index (κ1) is 16.3. The first-order chi connectivity index (χ1) is 10.9. The van der Waals surface area contributed by atoms with Crippen molar-refractivity contribution in [3.8, 4) is 0 Å². The molecule has 3 N–H and O–H groups in total. The maximum Gasteiger partial charge on any atom is 0.330 e. The number of H-pyrrole nitrogens is 1. The Kier molecular flexibility index (Phi) is 4.15. The highest BCUT2D eigenvalue weighted by molar-refractivity contribution is 5.10. The molecule has 2 saturated heterocycles. The number of aromatic amines is 1. The molecule has 3 heterocycles. The Balaban J connectivity index is 1.99. The summed E-state index contributed by atoms with van der Waals surface area (Å²) < 4.78 is 17.7. The fourth-order valence-electron chi connectivity index (χ4n) is 3.31. The van der Waals surface area contributed by atoms with Crippen LogP contribution in [0.25, 0.3) is 0 Å². The predicted octanol–water partition coefficient (Wildman–Crippen LogP) is -1.73. The maximum absolute atomic E-state index is 12.1. The van der Waals surface area contributed by atoms with E-state index in [0.29, 0.717) is 5.56 Å². The zero-order valence-corrected chi connectivity index (χ0v) is 12.9. The summed E-state index contributed by atoms with van der Waals surface area (Å²) in [5, 5.41) is 20.4. The number of aryl methyl sites for hydroxylation is 1. The largest absolute Gasteiger partial charge is 0.394 e. The second-order valence-electron chi connectivity index (χ2n) is 6.01. The summed E-state index contributed by atoms with van der Waals surface area (Å²) in [6, 6.07) is 0. The van der Waals surface area contributed by atoms with Crippen molar-refractivity contribution in [3.05, 3.63) is 32.6 Å². The van der Waals surface area contributed by atoms with Gasteiger partial charge in [0.05, 0.1) is 19.3 Å². The van der Waals surface area contributed by atoms with Crippen molar-refractivity contribution in [1.82, 2.24) is 9.55 Å². The van der Waals surface area contributed by atoms with E-state index < -0.39 is 41.9 Å². The van der Waals surface area contributed by atoms with Gasteiger partial charge in [-0.05, 0) is 6.92 Å². The molecule has 0 radical (unpaired) electrons. The smallest absolute Gasteiger partial charge is 0.330 e. The third kappa shape index (κ3) is 2.54. The fourth-order valence-corrected chi connectivity index (χ4v) is 3.31. The molecule has 9 nitrogen and oxygen atoms in total. The van der Waals surface area contributed by atoms with Gasteiger partial charge in [0.15, 0.2) is 6.23 Å². The molecule has 23 heavy (non-hydrogen) atoms. The molecule has 9 heteroatoms. The first-order valence-electron chi connectivity index (χ1n) is 7.36. The van der Waals surface area contributed by atoms with E-state index >= 15 is 0 Å². The quantitative estimate of drug-likeness (QED) is 0.600. The van der Waals surface area contributed by atoms with E-state index in [-0.39, 0.29) is 19.1 Å². The summed E-state index contributed by atoms with van der Waals surface area (Å²) in [6.45, 7) is 1.43. The molecule has 1 aromatic heterocycles. The lowest BCUT2D eigenvalue weighted by Gasteiger charge is -2.24. The molecule has 0 spiro atoms. The summed E-state index contributed by atoms with van der Waals surface area (Å²) in [4.78, 5) is 25.8. The lowest BCUT2D eigenvalue weighted by atomic mass is 9.89. The van der Waals surface area contributed by atoms with Gasteiger partial charge < -0.3 is 24.4 Å². The van der Waals surface area contributed by atoms with Crippen LogP contribution >= 0.6 is 0 Å². The molecular weight excluding hydrogens is 308 g/mol. The van der Waals surface area contributed by atoms with Crippen LogP contribution in [0, 0.1) is 6.92 Å². The predicted molar refractivity (Wildman–Crippen MR) is 77.2 cm³/mol. The van der Waals surface area contributed by atoms with Gasteiger partial charge in [-0.1, -0.05) is 0 Å². The Labute approximate surface area is 131 Å². The van der Waals surface area contributed by atoms with Gasteiger partial charge >= 0.3 is 5.69 Å². The van der Waals surface area contributed by atoms with Gasteiger partial charge in [0, 0.05) is 25.3 Å². The van der Waals surface area contributed by atoms with Gasteiger partial charge in [-0.25, -0.2) is 4.79 Å². The molecule has 2 fully saturated rings. The molecule has 1 aromatic rings. The molecule has 2 aliphatic heterocycles. The molecular formula is C14H20N2O7. The minimum atomic E-state index is -1.42. The van der Waals surface area contributed by atoms with Crippen molar-refractivity contribution in [3.63, 3.8) is 0 Å². The normalized spacial score (nSPS) is 36.3. The van der Waals surface area contributed by atoms with Crippen molar-refractivity contribution in [1.29, 1.82) is 0 Å². The van der Waals surface area contributed by atoms with Crippen molar-refractivity contribution >= 4 is 0 Å². The highest BCUT2D eigenvalue weighted by Gasteiger charge is 2.62. The van der Waals surface area contributed by atoms with Crippen LogP contribution in [0.2, 0.25) is 0 Å². The SMILES string of the molecule is COC[C@H]1C[C@]2(O)[C@H](O1)[C@H](n1cc(C)c(=O)[nH]c1=O)O[C@@H]2CO. The number of ether oxygens (including phenoxy) is 3. The van der Waals surface area contributed by atoms with E-state index in [1.807, 2.05) is 0 Å². The van der Waals surface area contributed by atoms with Crippen LogP contribution in [0.4, 0.5) is 0 Å². The number of hydrogen-bond donors (Lipinski definition) is 3. The topological polar surface area (TPSA) is 123 Å². The Bertz CT molecular complexity index is 699. The standard InChI is InChI=1S/C14H20N2O7/c1-7-4-16(13(19)15-11(7)18)12-10-14(20,9(5-17)23-12)3-8(22-10)6-21-2/h4,8-10,12,17,20H,3,5-6H2,1-2H3,(H,15,18,19)/t8-,9-,10-,12-,14-/m1/s1. The maximum atomic E-state index is 12.1. The molecule has 0 saturated carbocycles. The molecule has 0 bridgehead atoms. The van der Waals surface area contributed by atoms with E-state index in [4.69, 9.17) is 14.2 Å². The van der Waals surface area contributed by atoms with Gasteiger partial charge in [0.2, 0.25) is 0 Å². The number of aliphatic hydroxyl groups is 2. The van der Waals surface area contributed by atoms with Crippen LogP contribution in [-0.2, 0) is 14.2 Å². The van der Waals surface area contributed by atoms with Crippen LogP contribution in [-0.4, -0.2) is 64.0 Å². The van der Waals surface area contributed by atoms with Crippen LogP contribution in [0.3, 0.4) is 0 Å². The lowest BCUT2D eigenvalue weighted by Crippen LogP contribution is -2.46. The minimum Gasteiger partial charge on any atom is -0.394 e. The number of hydrogen-bond acceptors (Lipinski definition) is 7. The molecule has 5 atom stereocenters. The van der Waals surface area contributed by atoms with Gasteiger partial charge in [-0.3, -0.25) is 14.3 Å². The van der Waals surface area contributed by atoms with Crippen LogP contribution in [0.1, 0.15) is 18.2 Å². The van der Waals surface area contributed by atoms with Gasteiger partial charge in [-0.15, -0.1) is 0 Å². The average Bonchev–Trinajstić information content (AvgIpc) is 2.95. The Morgan fingerprint density at radius 3 is 2.87 bits per heavy atom. The molecule has 0 amide bonds. The summed E-state index contributed by atoms with van der Waals surface area (Å²) in [5.74, 6) is 0. The third-order valence-corrected chi connectivity index (χ3v) is 4.45. The number of nitrogens with one attached hydrogen (secondary N) is 1. The van der Waals surface area contributed by atoms with E-state index in [9.17, 15) is 19.8 Å². The lowest BCUT2D eigenvalue weighted by molar-refractivity contribution is -0.101. The van der Waals surface area contributed by atoms with Crippen molar-refractivity contribution in [2.24, 2.45) is 0 Å². The number of aromatic nitrogens is 2. The van der Waals surface area contributed by atoms with Crippen molar-refractivity contribution in [2.75, 3.05) is 20.3 Å². The zero-order valence-electron chi connectivity index (χ0n) is 12.9. The van der Waals surface area contributed by atoms with E-state index in [1.54, 1.807) is 6.92 Å². The number of fused-ring (bicyclic) bond motifs is 1. The van der Waals surface area contributed by atoms with Crippen LogP contribution in [0.5, 0.6) is 0 Å². The number of methoxy groups -OCH3 is 1. The number of rotatable bonds is 4. The van der Waals surface area contributed by atoms with E-state index in [2.05, 4.69) is 4.98 Å². The summed E-state index contributed by atoms with van der Waals surface area (Å²) in [7, 11) is 1.52. The fraction of sp³-hybridized carbons (Fsp3) is 0.714. The third-order valence-electron chi connectivity index (χ3n) is 4.45. The second-order valence-corrected chi connectivity index (χ2v) is 6.01. The van der Waals surface area contributed by atoms with Crippen LogP contribution < -0.4 is 11.2 Å². The van der Waals surface area contributed by atoms with Crippen LogP contribution in [0.15, 0.2) is 15.8 Å². The minimum absolute atomic E-state index is 0.227. The van der Waals surface area contributed by atoms with Gasteiger partial charge in [0.25, 0.3) is 5.56 Å². The van der Waals surface area contributed by atoms with E-state index in [1.165, 1.54) is 17.9 Å². The highest BCUT2D eigenvalue weighted by atomic mass is 16.6. The zero-order chi connectivity index (χ0) is 16.8. The highest BCUT2D eigenvalue weighted by Crippen LogP contribution is 2.46. The second kappa shape index (κ2) is 5.84. The van der Waals surface area contributed by atoms with Gasteiger partial charge in [0.1, 0.15) is 17.8 Å². The molecule has 3 rings (SSSR count). The van der Waals surface area contributed by atoms with E-state index in [0.717, 1.165) is 0 Å². The number of aliphatic hydroxyl groups excluding tert-OH is 1. The Morgan fingerprint density at radius 1 is 1.48 bits per heavy atom. The first-order valence-corrected chi connectivity index (χ1v) is 7.36.